The molecule has 4 aromatic rings. The van der Waals surface area contributed by atoms with Gasteiger partial charge in [0.1, 0.15) is 17.5 Å². The summed E-state index contributed by atoms with van der Waals surface area (Å²) >= 11 is 0. The van der Waals surface area contributed by atoms with Crippen LogP contribution in [0.15, 0.2) is 66.7 Å². The standard InChI is InChI=1S/C28H27FN4O/c1-19-26(18-21-7-5-10-23(29)17-21)27(31-20(2)30-19)32-13-15-33(16-14-32)28(34)25-12-6-9-22-8-3-4-11-24(22)25/h3-12,17H,13-16,18H2,1-2H3. The van der Waals surface area contributed by atoms with E-state index < -0.39 is 0 Å². The number of carbonyl (C=O) groups excluding carboxylic acids is 1. The fourth-order valence-electron chi connectivity index (χ4n) is 4.74. The van der Waals surface area contributed by atoms with Gasteiger partial charge in [-0.2, -0.15) is 0 Å². The van der Waals surface area contributed by atoms with Crippen LogP contribution in [0.25, 0.3) is 10.8 Å². The van der Waals surface area contributed by atoms with Crippen LogP contribution in [0.1, 0.15) is 33.0 Å². The fourth-order valence-corrected chi connectivity index (χ4v) is 4.74. The summed E-state index contributed by atoms with van der Waals surface area (Å²) in [6, 6.07) is 20.5. The van der Waals surface area contributed by atoms with Crippen LogP contribution in [-0.4, -0.2) is 47.0 Å². The summed E-state index contributed by atoms with van der Waals surface area (Å²) in [6.07, 6.45) is 0.564. The third-order valence-electron chi connectivity index (χ3n) is 6.46. The van der Waals surface area contributed by atoms with Crippen molar-refractivity contribution in [1.29, 1.82) is 0 Å². The quantitative estimate of drug-likeness (QED) is 0.438. The molecule has 0 N–H and O–H groups in total. The molecule has 1 saturated heterocycles. The molecule has 0 spiro atoms. The van der Waals surface area contributed by atoms with Crippen molar-refractivity contribution in [2.24, 2.45) is 0 Å². The molecular weight excluding hydrogens is 427 g/mol. The van der Waals surface area contributed by atoms with Crippen molar-refractivity contribution in [2.45, 2.75) is 20.3 Å². The summed E-state index contributed by atoms with van der Waals surface area (Å²) in [6.45, 7) is 6.47. The monoisotopic (exact) mass is 454 g/mol. The molecule has 5 nitrogen and oxygen atoms in total. The lowest BCUT2D eigenvalue weighted by Gasteiger charge is -2.36. The number of hydrogen-bond donors (Lipinski definition) is 0. The molecule has 0 saturated carbocycles. The summed E-state index contributed by atoms with van der Waals surface area (Å²) in [5, 5.41) is 2.05. The number of halogens is 1. The second-order valence-corrected chi connectivity index (χ2v) is 8.77. The maximum atomic E-state index is 13.8. The second kappa shape index (κ2) is 9.21. The zero-order valence-electron chi connectivity index (χ0n) is 19.5. The number of benzene rings is 3. The minimum absolute atomic E-state index is 0.0616. The number of aryl methyl sites for hydroxylation is 2. The van der Waals surface area contributed by atoms with Gasteiger partial charge < -0.3 is 9.80 Å². The van der Waals surface area contributed by atoms with Crippen molar-refractivity contribution in [3.63, 3.8) is 0 Å². The first-order valence-electron chi connectivity index (χ1n) is 11.6. The SMILES string of the molecule is Cc1nc(C)c(Cc2cccc(F)c2)c(N2CCN(C(=O)c3cccc4ccccc34)CC2)n1. The average Bonchev–Trinajstić information content (AvgIpc) is 2.85. The number of hydrogen-bond acceptors (Lipinski definition) is 4. The van der Waals surface area contributed by atoms with Gasteiger partial charge in [-0.15, -0.1) is 0 Å². The van der Waals surface area contributed by atoms with E-state index in [1.807, 2.05) is 67.3 Å². The zero-order chi connectivity index (χ0) is 23.7. The van der Waals surface area contributed by atoms with Crippen LogP contribution in [0.4, 0.5) is 10.2 Å². The van der Waals surface area contributed by atoms with Crippen LogP contribution in [0.2, 0.25) is 0 Å². The van der Waals surface area contributed by atoms with Crippen molar-refractivity contribution in [2.75, 3.05) is 31.1 Å². The predicted molar refractivity (Wildman–Crippen MR) is 133 cm³/mol. The Morgan fingerprint density at radius 1 is 0.912 bits per heavy atom. The lowest BCUT2D eigenvalue weighted by atomic mass is 10.0. The molecule has 0 unspecified atom stereocenters. The fraction of sp³-hybridized carbons (Fsp3) is 0.250. The van der Waals surface area contributed by atoms with Crippen molar-refractivity contribution < 1.29 is 9.18 Å². The molecule has 1 aliphatic rings. The van der Waals surface area contributed by atoms with E-state index in [-0.39, 0.29) is 11.7 Å². The van der Waals surface area contributed by atoms with Crippen LogP contribution in [0.5, 0.6) is 0 Å². The first-order chi connectivity index (χ1) is 16.5. The summed E-state index contributed by atoms with van der Waals surface area (Å²) in [5.41, 5.74) is 3.54. The maximum absolute atomic E-state index is 13.8. The van der Waals surface area contributed by atoms with E-state index in [9.17, 15) is 9.18 Å². The molecule has 1 amide bonds. The van der Waals surface area contributed by atoms with Crippen LogP contribution in [-0.2, 0) is 6.42 Å². The van der Waals surface area contributed by atoms with Crippen LogP contribution in [0, 0.1) is 19.7 Å². The van der Waals surface area contributed by atoms with Crippen molar-refractivity contribution in [3.05, 3.63) is 101 Å². The topological polar surface area (TPSA) is 49.3 Å². The number of carbonyl (C=O) groups is 1. The summed E-state index contributed by atoms with van der Waals surface area (Å²) in [7, 11) is 0. The molecule has 1 fully saturated rings. The minimum atomic E-state index is -0.245. The Morgan fingerprint density at radius 2 is 1.65 bits per heavy atom. The summed E-state index contributed by atoms with van der Waals surface area (Å²) in [4.78, 5) is 26.8. The number of fused-ring (bicyclic) bond motifs is 1. The number of amides is 1. The lowest BCUT2D eigenvalue weighted by molar-refractivity contribution is 0.0748. The first kappa shape index (κ1) is 22.0. The van der Waals surface area contributed by atoms with Crippen molar-refractivity contribution >= 4 is 22.5 Å². The summed E-state index contributed by atoms with van der Waals surface area (Å²) < 4.78 is 13.8. The van der Waals surface area contributed by atoms with Crippen molar-refractivity contribution in [3.8, 4) is 0 Å². The van der Waals surface area contributed by atoms with Gasteiger partial charge in [0, 0.05) is 49.4 Å². The van der Waals surface area contributed by atoms with Gasteiger partial charge in [-0.05, 0) is 48.4 Å². The third-order valence-corrected chi connectivity index (χ3v) is 6.46. The van der Waals surface area contributed by atoms with Gasteiger partial charge in [0.15, 0.2) is 0 Å². The molecule has 1 aliphatic heterocycles. The number of aromatic nitrogens is 2. The Kier molecular flexibility index (Phi) is 5.97. The Morgan fingerprint density at radius 3 is 2.44 bits per heavy atom. The largest absolute Gasteiger partial charge is 0.353 e. The van der Waals surface area contributed by atoms with E-state index in [2.05, 4.69) is 9.88 Å². The molecule has 2 heterocycles. The van der Waals surface area contributed by atoms with Gasteiger partial charge in [-0.1, -0.05) is 48.5 Å². The highest BCUT2D eigenvalue weighted by Gasteiger charge is 2.26. The minimum Gasteiger partial charge on any atom is -0.353 e. The summed E-state index contributed by atoms with van der Waals surface area (Å²) in [5.74, 6) is 1.41. The Labute approximate surface area is 198 Å². The van der Waals surface area contributed by atoms with Gasteiger partial charge in [0.2, 0.25) is 0 Å². The number of nitrogens with zero attached hydrogens (tertiary/aromatic N) is 4. The molecule has 172 valence electrons. The van der Waals surface area contributed by atoms with Gasteiger partial charge in [0.05, 0.1) is 0 Å². The van der Waals surface area contributed by atoms with Gasteiger partial charge in [-0.3, -0.25) is 4.79 Å². The molecule has 0 radical (unpaired) electrons. The van der Waals surface area contributed by atoms with E-state index >= 15 is 0 Å². The van der Waals surface area contributed by atoms with Crippen LogP contribution < -0.4 is 4.90 Å². The molecule has 5 rings (SSSR count). The van der Waals surface area contributed by atoms with Gasteiger partial charge in [-0.25, -0.2) is 14.4 Å². The van der Waals surface area contributed by atoms with Gasteiger partial charge in [0.25, 0.3) is 5.91 Å². The van der Waals surface area contributed by atoms with Crippen LogP contribution in [0.3, 0.4) is 0 Å². The molecular formula is C28H27FN4O. The number of anilines is 1. The van der Waals surface area contributed by atoms with Crippen molar-refractivity contribution in [1.82, 2.24) is 14.9 Å². The molecule has 0 bridgehead atoms. The predicted octanol–water partition coefficient (Wildman–Crippen LogP) is 4.94. The second-order valence-electron chi connectivity index (χ2n) is 8.77. The highest BCUT2D eigenvalue weighted by molar-refractivity contribution is 6.07. The van der Waals surface area contributed by atoms with E-state index in [0.717, 1.165) is 39.0 Å². The zero-order valence-corrected chi connectivity index (χ0v) is 19.5. The van der Waals surface area contributed by atoms with Gasteiger partial charge >= 0.3 is 0 Å². The Bertz CT molecular complexity index is 1360. The number of piperazine rings is 1. The average molecular weight is 455 g/mol. The molecule has 0 aliphatic carbocycles. The molecule has 34 heavy (non-hydrogen) atoms. The van der Waals surface area contributed by atoms with E-state index in [1.54, 1.807) is 12.1 Å². The van der Waals surface area contributed by atoms with E-state index in [4.69, 9.17) is 4.98 Å². The highest BCUT2D eigenvalue weighted by Crippen LogP contribution is 2.26. The van der Waals surface area contributed by atoms with E-state index in [1.165, 1.54) is 6.07 Å². The number of rotatable bonds is 4. The first-order valence-corrected chi connectivity index (χ1v) is 11.6. The molecule has 6 heteroatoms. The molecule has 3 aromatic carbocycles. The maximum Gasteiger partial charge on any atom is 0.254 e. The van der Waals surface area contributed by atoms with Crippen LogP contribution >= 0.6 is 0 Å². The third kappa shape index (κ3) is 4.36. The lowest BCUT2D eigenvalue weighted by Crippen LogP contribution is -2.49. The molecule has 1 aromatic heterocycles. The Balaban J connectivity index is 1.37. The van der Waals surface area contributed by atoms with E-state index in [0.29, 0.717) is 38.4 Å². The normalized spacial score (nSPS) is 14.0. The highest BCUT2D eigenvalue weighted by atomic mass is 19.1. The molecule has 0 atom stereocenters. The Hall–Kier alpha value is -3.80. The smallest absolute Gasteiger partial charge is 0.254 e.